The topological polar surface area (TPSA) is 84.2 Å². The van der Waals surface area contributed by atoms with Gasteiger partial charge in [0.05, 0.1) is 11.6 Å². The van der Waals surface area contributed by atoms with E-state index in [9.17, 15) is 14.0 Å². The van der Waals surface area contributed by atoms with Gasteiger partial charge in [-0.2, -0.15) is 0 Å². The summed E-state index contributed by atoms with van der Waals surface area (Å²) in [5, 5.41) is 5.37. The second-order valence-corrected chi connectivity index (χ2v) is 6.83. The minimum atomic E-state index is -0.568. The summed E-state index contributed by atoms with van der Waals surface area (Å²) >= 11 is 0. The van der Waals surface area contributed by atoms with Crippen LogP contribution in [0.3, 0.4) is 0 Å². The van der Waals surface area contributed by atoms with E-state index in [0.29, 0.717) is 24.9 Å². The summed E-state index contributed by atoms with van der Waals surface area (Å²) in [5.74, 6) is -1.16. The van der Waals surface area contributed by atoms with Gasteiger partial charge in [-0.3, -0.25) is 9.59 Å². The van der Waals surface area contributed by atoms with Gasteiger partial charge in [0, 0.05) is 17.6 Å². The van der Waals surface area contributed by atoms with Crippen LogP contribution in [-0.4, -0.2) is 17.4 Å². The molecule has 0 aromatic heterocycles. The molecule has 2 aliphatic rings. The molecule has 0 saturated heterocycles. The third-order valence-electron chi connectivity index (χ3n) is 4.92. The number of hydrogen-bond donors (Lipinski definition) is 3. The number of fused-ring (bicyclic) bond motifs is 1. The Bertz CT molecular complexity index is 663. The first-order valence-electron chi connectivity index (χ1n) is 8.09. The Hall–Kier alpha value is -1.66. The van der Waals surface area contributed by atoms with Gasteiger partial charge in [-0.05, 0) is 43.9 Å². The van der Waals surface area contributed by atoms with Gasteiger partial charge in [0.2, 0.25) is 11.8 Å². The Morgan fingerprint density at radius 2 is 2.12 bits per heavy atom. The largest absolute Gasteiger partial charge is 0.326 e. The second-order valence-electron chi connectivity index (χ2n) is 6.83. The van der Waals surface area contributed by atoms with E-state index in [-0.39, 0.29) is 35.8 Å². The van der Waals surface area contributed by atoms with Crippen LogP contribution in [-0.2, 0) is 16.0 Å². The van der Waals surface area contributed by atoms with Crippen LogP contribution in [0.15, 0.2) is 12.1 Å². The number of rotatable bonds is 2. The number of aryl methyl sites for hydroxylation is 1. The molecule has 3 rings (SSSR count). The number of nitrogens with one attached hydrogen (secondary N) is 2. The molecule has 0 radical (unpaired) electrons. The third-order valence-corrected chi connectivity index (χ3v) is 4.92. The lowest BCUT2D eigenvalue weighted by Crippen LogP contribution is -2.51. The Kier molecular flexibility index (Phi) is 5.50. The number of nitrogens with two attached hydrogens (primary N) is 1. The van der Waals surface area contributed by atoms with Crippen LogP contribution < -0.4 is 16.4 Å². The number of anilines is 2. The highest BCUT2D eigenvalue weighted by atomic mass is 35.5. The molecule has 1 aliphatic carbocycles. The molecule has 0 spiro atoms. The highest BCUT2D eigenvalue weighted by Gasteiger charge is 2.38. The maximum atomic E-state index is 14.2. The van der Waals surface area contributed by atoms with Crippen molar-refractivity contribution in [1.29, 1.82) is 0 Å². The van der Waals surface area contributed by atoms with E-state index < -0.39 is 11.4 Å². The fraction of sp³-hybridized carbons (Fsp3) is 0.529. The molecule has 1 saturated carbocycles. The monoisotopic (exact) mass is 355 g/mol. The molecule has 132 valence electrons. The first-order chi connectivity index (χ1) is 10.9. The lowest BCUT2D eigenvalue weighted by Gasteiger charge is -2.37. The molecule has 2 amide bonds. The fourth-order valence-corrected chi connectivity index (χ4v) is 3.50. The van der Waals surface area contributed by atoms with Crippen molar-refractivity contribution >= 4 is 35.6 Å². The summed E-state index contributed by atoms with van der Waals surface area (Å²) in [6.45, 7) is 1.87. The minimum absolute atomic E-state index is 0. The van der Waals surface area contributed by atoms with E-state index in [2.05, 4.69) is 10.6 Å². The fourth-order valence-electron chi connectivity index (χ4n) is 3.50. The predicted octanol–water partition coefficient (Wildman–Crippen LogP) is 2.98. The zero-order valence-electron chi connectivity index (χ0n) is 13.7. The van der Waals surface area contributed by atoms with Crippen LogP contribution >= 0.6 is 12.4 Å². The molecule has 1 fully saturated rings. The molecule has 1 heterocycles. The number of halogens is 2. The number of amides is 2. The van der Waals surface area contributed by atoms with Crippen molar-refractivity contribution in [2.24, 2.45) is 11.7 Å². The van der Waals surface area contributed by atoms with E-state index in [1.807, 2.05) is 6.92 Å². The Balaban J connectivity index is 0.00000208. The summed E-state index contributed by atoms with van der Waals surface area (Å²) in [6, 6.07) is 2.88. The molecule has 4 N–H and O–H groups in total. The molecule has 24 heavy (non-hydrogen) atoms. The van der Waals surface area contributed by atoms with Crippen LogP contribution in [0.25, 0.3) is 0 Å². The van der Waals surface area contributed by atoms with Gasteiger partial charge in [0.1, 0.15) is 5.82 Å². The second kappa shape index (κ2) is 7.07. The molecule has 5 nitrogen and oxygen atoms in total. The molecule has 0 bridgehead atoms. The summed E-state index contributed by atoms with van der Waals surface area (Å²) in [6.07, 6.45) is 4.32. The number of carbonyl (C=O) groups is 2. The van der Waals surface area contributed by atoms with Crippen LogP contribution in [0.2, 0.25) is 0 Å². The SMILES string of the molecule is CC1(N)CCCCC1C(=O)Nc1cc2c(cc1F)CCC(=O)N2.Cl. The van der Waals surface area contributed by atoms with E-state index in [0.717, 1.165) is 24.8 Å². The van der Waals surface area contributed by atoms with E-state index >= 15 is 0 Å². The molecular weight excluding hydrogens is 333 g/mol. The lowest BCUT2D eigenvalue weighted by atomic mass is 9.74. The van der Waals surface area contributed by atoms with E-state index in [4.69, 9.17) is 5.73 Å². The quantitative estimate of drug-likeness (QED) is 0.762. The molecule has 1 aromatic rings. The highest BCUT2D eigenvalue weighted by Crippen LogP contribution is 2.34. The van der Waals surface area contributed by atoms with Crippen LogP contribution in [0.5, 0.6) is 0 Å². The molecular formula is C17H23ClFN3O2. The predicted molar refractivity (Wildman–Crippen MR) is 93.8 cm³/mol. The third kappa shape index (κ3) is 3.70. The Labute approximate surface area is 147 Å². The smallest absolute Gasteiger partial charge is 0.229 e. The summed E-state index contributed by atoms with van der Waals surface area (Å²) in [4.78, 5) is 24.0. The van der Waals surface area contributed by atoms with Crippen molar-refractivity contribution in [3.8, 4) is 0 Å². The van der Waals surface area contributed by atoms with Gasteiger partial charge in [-0.1, -0.05) is 12.8 Å². The van der Waals surface area contributed by atoms with Crippen molar-refractivity contribution < 1.29 is 14.0 Å². The van der Waals surface area contributed by atoms with Crippen LogP contribution in [0, 0.1) is 11.7 Å². The number of carbonyl (C=O) groups excluding carboxylic acids is 2. The van der Waals surface area contributed by atoms with Gasteiger partial charge < -0.3 is 16.4 Å². The van der Waals surface area contributed by atoms with E-state index in [1.54, 1.807) is 0 Å². The van der Waals surface area contributed by atoms with Crippen LogP contribution in [0.1, 0.15) is 44.6 Å². The Morgan fingerprint density at radius 1 is 1.38 bits per heavy atom. The van der Waals surface area contributed by atoms with Crippen molar-refractivity contribution in [3.05, 3.63) is 23.5 Å². The first kappa shape index (κ1) is 18.7. The molecule has 1 aromatic carbocycles. The summed E-state index contributed by atoms with van der Waals surface area (Å²) in [5.41, 5.74) is 7.08. The number of benzene rings is 1. The molecule has 1 aliphatic heterocycles. The van der Waals surface area contributed by atoms with Crippen molar-refractivity contribution in [3.63, 3.8) is 0 Å². The highest BCUT2D eigenvalue weighted by molar-refractivity contribution is 5.97. The van der Waals surface area contributed by atoms with Gasteiger partial charge in [0.15, 0.2) is 0 Å². The van der Waals surface area contributed by atoms with Gasteiger partial charge in [-0.15, -0.1) is 12.4 Å². The average molecular weight is 356 g/mol. The van der Waals surface area contributed by atoms with Crippen LogP contribution in [0.4, 0.5) is 15.8 Å². The van der Waals surface area contributed by atoms with Gasteiger partial charge in [-0.25, -0.2) is 4.39 Å². The van der Waals surface area contributed by atoms with Gasteiger partial charge in [0.25, 0.3) is 0 Å². The van der Waals surface area contributed by atoms with Crippen molar-refractivity contribution in [1.82, 2.24) is 0 Å². The zero-order valence-corrected chi connectivity index (χ0v) is 14.5. The first-order valence-corrected chi connectivity index (χ1v) is 8.09. The summed E-state index contributed by atoms with van der Waals surface area (Å²) < 4.78 is 14.2. The molecule has 2 atom stereocenters. The molecule has 7 heteroatoms. The van der Waals surface area contributed by atoms with Crippen molar-refractivity contribution in [2.45, 2.75) is 51.0 Å². The number of hydrogen-bond acceptors (Lipinski definition) is 3. The average Bonchev–Trinajstić information content (AvgIpc) is 2.48. The zero-order chi connectivity index (χ0) is 16.6. The maximum Gasteiger partial charge on any atom is 0.229 e. The standard InChI is InChI=1S/C17H22FN3O2.ClH/c1-17(19)7-3-2-4-11(17)16(23)21-14-9-13-10(8-12(14)18)5-6-15(22)20-13;/h8-9,11H,2-7,19H2,1H3,(H,20,22)(H,21,23);1H. The minimum Gasteiger partial charge on any atom is -0.326 e. The normalized spacial score (nSPS) is 26.0. The molecule has 2 unspecified atom stereocenters. The van der Waals surface area contributed by atoms with E-state index in [1.165, 1.54) is 12.1 Å². The van der Waals surface area contributed by atoms with Gasteiger partial charge >= 0.3 is 0 Å². The Morgan fingerprint density at radius 3 is 2.83 bits per heavy atom. The maximum absolute atomic E-state index is 14.2. The van der Waals surface area contributed by atoms with Crippen molar-refractivity contribution in [2.75, 3.05) is 10.6 Å². The summed E-state index contributed by atoms with van der Waals surface area (Å²) in [7, 11) is 0. The lowest BCUT2D eigenvalue weighted by molar-refractivity contribution is -0.122.